The fourth-order valence-electron chi connectivity index (χ4n) is 1.74. The lowest BCUT2D eigenvalue weighted by Gasteiger charge is -2.06. The van der Waals surface area contributed by atoms with E-state index in [0.29, 0.717) is 15.1 Å². The van der Waals surface area contributed by atoms with Gasteiger partial charge in [-0.05, 0) is 54.5 Å². The van der Waals surface area contributed by atoms with E-state index in [1.165, 1.54) is 6.08 Å². The van der Waals surface area contributed by atoms with Gasteiger partial charge in [0.25, 0.3) is 0 Å². The SMILES string of the molecule is Cc1cc(Cl)ccc1NC(=O)C=Cc1ccc(Cl)cc1Cl. The van der Waals surface area contributed by atoms with Gasteiger partial charge in [-0.1, -0.05) is 40.9 Å². The zero-order chi connectivity index (χ0) is 15.4. The Kier molecular flexibility index (Phi) is 5.29. The Morgan fingerprint density at radius 3 is 2.38 bits per heavy atom. The molecule has 0 heterocycles. The van der Waals surface area contributed by atoms with Crippen molar-refractivity contribution in [1.82, 2.24) is 0 Å². The van der Waals surface area contributed by atoms with Crippen LogP contribution in [0.1, 0.15) is 11.1 Å². The van der Waals surface area contributed by atoms with Crippen molar-refractivity contribution in [3.8, 4) is 0 Å². The van der Waals surface area contributed by atoms with Crippen LogP contribution in [0.25, 0.3) is 6.08 Å². The molecule has 21 heavy (non-hydrogen) atoms. The van der Waals surface area contributed by atoms with Gasteiger partial charge in [0.05, 0.1) is 0 Å². The Morgan fingerprint density at radius 2 is 1.71 bits per heavy atom. The maximum absolute atomic E-state index is 11.9. The van der Waals surface area contributed by atoms with Crippen LogP contribution in [-0.4, -0.2) is 5.91 Å². The molecule has 1 amide bonds. The molecule has 2 aromatic carbocycles. The monoisotopic (exact) mass is 339 g/mol. The summed E-state index contributed by atoms with van der Waals surface area (Å²) in [5, 5.41) is 4.47. The van der Waals surface area contributed by atoms with E-state index in [9.17, 15) is 4.79 Å². The highest BCUT2D eigenvalue weighted by molar-refractivity contribution is 6.35. The van der Waals surface area contributed by atoms with Crippen molar-refractivity contribution >= 4 is 52.5 Å². The Labute approximate surface area is 138 Å². The standard InChI is InChI=1S/C16H12Cl3NO/c1-10-8-12(17)5-6-15(10)20-16(21)7-3-11-2-4-13(18)9-14(11)19/h2-9H,1H3,(H,20,21). The molecule has 0 unspecified atom stereocenters. The van der Waals surface area contributed by atoms with Crippen LogP contribution in [0.2, 0.25) is 15.1 Å². The third-order valence-corrected chi connectivity index (χ3v) is 3.62. The maximum atomic E-state index is 11.9. The Hall–Kier alpha value is -1.48. The van der Waals surface area contributed by atoms with Gasteiger partial charge in [0.15, 0.2) is 0 Å². The van der Waals surface area contributed by atoms with Gasteiger partial charge in [0, 0.05) is 26.8 Å². The highest BCUT2D eigenvalue weighted by atomic mass is 35.5. The summed E-state index contributed by atoms with van der Waals surface area (Å²) in [5.74, 6) is -0.244. The first-order valence-corrected chi connectivity index (χ1v) is 7.29. The minimum absolute atomic E-state index is 0.244. The molecular weight excluding hydrogens is 329 g/mol. The normalized spacial score (nSPS) is 10.9. The van der Waals surface area contributed by atoms with Gasteiger partial charge in [0.1, 0.15) is 0 Å². The average Bonchev–Trinajstić information content (AvgIpc) is 2.41. The lowest BCUT2D eigenvalue weighted by Crippen LogP contribution is -2.08. The van der Waals surface area contributed by atoms with Crippen LogP contribution < -0.4 is 5.32 Å². The molecule has 0 spiro atoms. The number of hydrogen-bond donors (Lipinski definition) is 1. The smallest absolute Gasteiger partial charge is 0.248 e. The van der Waals surface area contributed by atoms with Crippen LogP contribution in [0.5, 0.6) is 0 Å². The number of halogens is 3. The maximum Gasteiger partial charge on any atom is 0.248 e. The summed E-state index contributed by atoms with van der Waals surface area (Å²) in [6, 6.07) is 10.4. The van der Waals surface area contributed by atoms with Crippen LogP contribution in [0.15, 0.2) is 42.5 Å². The number of nitrogens with one attached hydrogen (secondary N) is 1. The largest absolute Gasteiger partial charge is 0.322 e. The van der Waals surface area contributed by atoms with Crippen molar-refractivity contribution in [2.75, 3.05) is 5.32 Å². The number of benzene rings is 2. The van der Waals surface area contributed by atoms with Gasteiger partial charge in [-0.25, -0.2) is 0 Å². The van der Waals surface area contributed by atoms with E-state index in [1.807, 2.05) is 6.92 Å². The van der Waals surface area contributed by atoms with Gasteiger partial charge in [-0.3, -0.25) is 4.79 Å². The summed E-state index contributed by atoms with van der Waals surface area (Å²) in [4.78, 5) is 11.9. The van der Waals surface area contributed by atoms with E-state index in [0.717, 1.165) is 16.8 Å². The predicted octanol–water partition coefficient (Wildman–Crippen LogP) is 5.61. The number of rotatable bonds is 3. The number of hydrogen-bond acceptors (Lipinski definition) is 1. The Morgan fingerprint density at radius 1 is 1.05 bits per heavy atom. The van der Waals surface area contributed by atoms with Gasteiger partial charge in [-0.2, -0.15) is 0 Å². The second-order valence-electron chi connectivity index (χ2n) is 4.45. The summed E-state index contributed by atoms with van der Waals surface area (Å²) >= 11 is 17.7. The molecule has 0 bridgehead atoms. The molecule has 2 nitrogen and oxygen atoms in total. The molecule has 0 aliphatic heterocycles. The predicted molar refractivity (Wildman–Crippen MR) is 90.3 cm³/mol. The lowest BCUT2D eigenvalue weighted by molar-refractivity contribution is -0.111. The first kappa shape index (κ1) is 15.9. The molecule has 0 radical (unpaired) electrons. The molecule has 0 aliphatic rings. The van der Waals surface area contributed by atoms with Crippen molar-refractivity contribution in [1.29, 1.82) is 0 Å². The highest BCUT2D eigenvalue weighted by Crippen LogP contribution is 2.22. The van der Waals surface area contributed by atoms with E-state index in [2.05, 4.69) is 5.32 Å². The number of carbonyl (C=O) groups excluding carboxylic acids is 1. The molecule has 0 fully saturated rings. The van der Waals surface area contributed by atoms with Gasteiger partial charge in [-0.15, -0.1) is 0 Å². The van der Waals surface area contributed by atoms with Crippen molar-refractivity contribution in [3.05, 3.63) is 68.7 Å². The minimum Gasteiger partial charge on any atom is -0.322 e. The van der Waals surface area contributed by atoms with Crippen LogP contribution in [0, 0.1) is 6.92 Å². The molecule has 108 valence electrons. The zero-order valence-corrected chi connectivity index (χ0v) is 13.4. The fraction of sp³-hybridized carbons (Fsp3) is 0.0625. The van der Waals surface area contributed by atoms with E-state index in [1.54, 1.807) is 42.5 Å². The molecule has 0 saturated carbocycles. The van der Waals surface area contributed by atoms with Crippen LogP contribution in [-0.2, 0) is 4.79 Å². The zero-order valence-electron chi connectivity index (χ0n) is 11.2. The molecule has 0 aromatic heterocycles. The van der Waals surface area contributed by atoms with Crippen molar-refractivity contribution < 1.29 is 4.79 Å². The van der Waals surface area contributed by atoms with E-state index < -0.39 is 0 Å². The Bertz CT molecular complexity index is 711. The van der Waals surface area contributed by atoms with Crippen molar-refractivity contribution in [3.63, 3.8) is 0 Å². The third kappa shape index (κ3) is 4.50. The molecule has 1 N–H and O–H groups in total. The lowest BCUT2D eigenvalue weighted by atomic mass is 10.2. The minimum atomic E-state index is -0.244. The summed E-state index contributed by atoms with van der Waals surface area (Å²) < 4.78 is 0. The second-order valence-corrected chi connectivity index (χ2v) is 5.73. The molecule has 2 aromatic rings. The number of carbonyl (C=O) groups is 1. The number of amides is 1. The van der Waals surface area contributed by atoms with E-state index in [4.69, 9.17) is 34.8 Å². The van der Waals surface area contributed by atoms with Crippen molar-refractivity contribution in [2.45, 2.75) is 6.92 Å². The van der Waals surface area contributed by atoms with Crippen LogP contribution >= 0.6 is 34.8 Å². The molecular formula is C16H12Cl3NO. The average molecular weight is 341 g/mol. The van der Waals surface area contributed by atoms with Crippen molar-refractivity contribution in [2.24, 2.45) is 0 Å². The van der Waals surface area contributed by atoms with Crippen LogP contribution in [0.3, 0.4) is 0 Å². The first-order valence-electron chi connectivity index (χ1n) is 6.16. The highest BCUT2D eigenvalue weighted by Gasteiger charge is 2.03. The summed E-state index contributed by atoms with van der Waals surface area (Å²) in [6.45, 7) is 1.88. The molecule has 2 rings (SSSR count). The van der Waals surface area contributed by atoms with Gasteiger partial charge in [0.2, 0.25) is 5.91 Å². The quantitative estimate of drug-likeness (QED) is 0.723. The summed E-state index contributed by atoms with van der Waals surface area (Å²) in [7, 11) is 0. The molecule has 0 atom stereocenters. The molecule has 0 saturated heterocycles. The first-order chi connectivity index (χ1) is 9.95. The van der Waals surface area contributed by atoms with E-state index >= 15 is 0 Å². The second kappa shape index (κ2) is 6.99. The topological polar surface area (TPSA) is 29.1 Å². The molecule has 0 aliphatic carbocycles. The number of aryl methyl sites for hydroxylation is 1. The number of anilines is 1. The van der Waals surface area contributed by atoms with Gasteiger partial charge < -0.3 is 5.32 Å². The summed E-state index contributed by atoms with van der Waals surface area (Å²) in [6.07, 6.45) is 3.06. The molecule has 5 heteroatoms. The fourth-order valence-corrected chi connectivity index (χ4v) is 2.44. The van der Waals surface area contributed by atoms with Gasteiger partial charge >= 0.3 is 0 Å². The summed E-state index contributed by atoms with van der Waals surface area (Å²) in [5.41, 5.74) is 2.34. The van der Waals surface area contributed by atoms with Crippen LogP contribution in [0.4, 0.5) is 5.69 Å². The third-order valence-electron chi connectivity index (χ3n) is 2.82. The Balaban J connectivity index is 2.09. The van der Waals surface area contributed by atoms with E-state index in [-0.39, 0.29) is 5.91 Å².